The molecule has 0 aliphatic carbocycles. The van der Waals surface area contributed by atoms with E-state index in [9.17, 15) is 4.79 Å². The number of rotatable bonds is 10. The Bertz CT molecular complexity index is 492. The lowest BCUT2D eigenvalue weighted by Gasteiger charge is -2.26. The van der Waals surface area contributed by atoms with Crippen molar-refractivity contribution in [2.45, 2.75) is 65.2 Å². The van der Waals surface area contributed by atoms with Crippen LogP contribution >= 0.6 is 0 Å². The molecule has 0 saturated heterocycles. The van der Waals surface area contributed by atoms with Crippen molar-refractivity contribution in [3.8, 4) is 0 Å². The van der Waals surface area contributed by atoms with E-state index >= 15 is 0 Å². The lowest BCUT2D eigenvalue weighted by Crippen LogP contribution is -2.38. The number of hydrogen-bond acceptors (Lipinski definition) is 4. The van der Waals surface area contributed by atoms with E-state index in [1.807, 2.05) is 38.1 Å². The van der Waals surface area contributed by atoms with Crippen LogP contribution in [0.2, 0.25) is 0 Å². The summed E-state index contributed by atoms with van der Waals surface area (Å²) in [6.07, 6.45) is 1.66. The molecule has 0 aromatic heterocycles. The van der Waals surface area contributed by atoms with Crippen molar-refractivity contribution in [2.75, 3.05) is 13.9 Å². The molecule has 136 valence electrons. The second kappa shape index (κ2) is 11.0. The van der Waals surface area contributed by atoms with Gasteiger partial charge in [-0.3, -0.25) is 0 Å². The standard InChI is InChI=1S/C19H31NO4/c1-6-10-16(7-2)20-19(21)24-15(4)18(23-13-22-5)17-12-9-8-11-14(17)3/h8-9,11-12,15-16,18H,6-7,10,13H2,1-5H3,(H,20,21). The van der Waals surface area contributed by atoms with Gasteiger partial charge in [0, 0.05) is 13.2 Å². The summed E-state index contributed by atoms with van der Waals surface area (Å²) in [5.74, 6) is 0. The van der Waals surface area contributed by atoms with Gasteiger partial charge in [0.2, 0.25) is 0 Å². The van der Waals surface area contributed by atoms with Crippen molar-refractivity contribution >= 4 is 6.09 Å². The Balaban J connectivity index is 2.76. The quantitative estimate of drug-likeness (QED) is 0.645. The number of ether oxygens (including phenoxy) is 3. The van der Waals surface area contributed by atoms with Gasteiger partial charge in [-0.15, -0.1) is 0 Å². The van der Waals surface area contributed by atoms with Crippen molar-refractivity contribution < 1.29 is 19.0 Å². The Morgan fingerprint density at radius 1 is 1.25 bits per heavy atom. The molecule has 1 aromatic carbocycles. The van der Waals surface area contributed by atoms with E-state index in [0.29, 0.717) is 0 Å². The molecule has 0 spiro atoms. The summed E-state index contributed by atoms with van der Waals surface area (Å²) in [6.45, 7) is 8.15. The third-order valence-electron chi connectivity index (χ3n) is 4.03. The molecule has 24 heavy (non-hydrogen) atoms. The van der Waals surface area contributed by atoms with E-state index < -0.39 is 12.2 Å². The molecule has 0 saturated carbocycles. The van der Waals surface area contributed by atoms with Crippen molar-refractivity contribution in [3.05, 3.63) is 35.4 Å². The van der Waals surface area contributed by atoms with Crippen LogP contribution < -0.4 is 5.32 Å². The summed E-state index contributed by atoms with van der Waals surface area (Å²) in [7, 11) is 1.57. The average Bonchev–Trinajstić information content (AvgIpc) is 2.56. The first-order valence-corrected chi connectivity index (χ1v) is 8.66. The highest BCUT2D eigenvalue weighted by atomic mass is 16.7. The smallest absolute Gasteiger partial charge is 0.407 e. The van der Waals surface area contributed by atoms with Crippen LogP contribution in [0.4, 0.5) is 4.79 Å². The zero-order valence-electron chi connectivity index (χ0n) is 15.5. The van der Waals surface area contributed by atoms with Gasteiger partial charge in [-0.2, -0.15) is 0 Å². The number of alkyl carbamates (subject to hydrolysis) is 1. The van der Waals surface area contributed by atoms with Crippen molar-refractivity contribution in [3.63, 3.8) is 0 Å². The largest absolute Gasteiger partial charge is 0.443 e. The highest BCUT2D eigenvalue weighted by molar-refractivity contribution is 5.67. The van der Waals surface area contributed by atoms with Gasteiger partial charge in [0.05, 0.1) is 0 Å². The zero-order chi connectivity index (χ0) is 17.9. The van der Waals surface area contributed by atoms with E-state index in [1.54, 1.807) is 7.11 Å². The number of nitrogens with one attached hydrogen (secondary N) is 1. The number of amides is 1. The third-order valence-corrected chi connectivity index (χ3v) is 4.03. The Labute approximate surface area is 145 Å². The monoisotopic (exact) mass is 337 g/mol. The topological polar surface area (TPSA) is 56.8 Å². The molecule has 0 aliphatic rings. The van der Waals surface area contributed by atoms with Crippen molar-refractivity contribution in [1.29, 1.82) is 0 Å². The van der Waals surface area contributed by atoms with Crippen LogP contribution in [0.1, 0.15) is 57.3 Å². The maximum atomic E-state index is 12.2. The van der Waals surface area contributed by atoms with Gasteiger partial charge in [-0.05, 0) is 37.8 Å². The highest BCUT2D eigenvalue weighted by Gasteiger charge is 2.25. The summed E-state index contributed by atoms with van der Waals surface area (Å²) >= 11 is 0. The Kier molecular flexibility index (Phi) is 9.42. The average molecular weight is 337 g/mol. The summed E-state index contributed by atoms with van der Waals surface area (Å²) in [4.78, 5) is 12.2. The van der Waals surface area contributed by atoms with Crippen LogP contribution in [0.5, 0.6) is 0 Å². The normalized spacial score (nSPS) is 14.7. The number of methoxy groups -OCH3 is 1. The van der Waals surface area contributed by atoms with E-state index in [1.165, 1.54) is 0 Å². The Morgan fingerprint density at radius 3 is 2.54 bits per heavy atom. The first kappa shape index (κ1) is 20.5. The summed E-state index contributed by atoms with van der Waals surface area (Å²) in [6, 6.07) is 8.07. The number of carbonyl (C=O) groups excluding carboxylic acids is 1. The summed E-state index contributed by atoms with van der Waals surface area (Å²) in [5, 5.41) is 2.93. The molecule has 1 aromatic rings. The molecular formula is C19H31NO4. The first-order chi connectivity index (χ1) is 11.5. The summed E-state index contributed by atoms with van der Waals surface area (Å²) in [5.41, 5.74) is 2.09. The molecule has 0 heterocycles. The first-order valence-electron chi connectivity index (χ1n) is 8.66. The Morgan fingerprint density at radius 2 is 1.96 bits per heavy atom. The van der Waals surface area contributed by atoms with Crippen molar-refractivity contribution in [2.24, 2.45) is 0 Å². The maximum absolute atomic E-state index is 12.2. The molecular weight excluding hydrogens is 306 g/mol. The lowest BCUT2D eigenvalue weighted by atomic mass is 10.00. The molecule has 3 atom stereocenters. The minimum absolute atomic E-state index is 0.141. The van der Waals surface area contributed by atoms with Gasteiger partial charge in [0.1, 0.15) is 19.0 Å². The number of aryl methyl sites for hydroxylation is 1. The predicted molar refractivity (Wildman–Crippen MR) is 94.9 cm³/mol. The number of carbonyl (C=O) groups is 1. The fourth-order valence-corrected chi connectivity index (χ4v) is 2.68. The molecule has 3 unspecified atom stereocenters. The molecule has 1 N–H and O–H groups in total. The molecule has 1 amide bonds. The zero-order valence-corrected chi connectivity index (χ0v) is 15.5. The third kappa shape index (κ3) is 6.49. The van der Waals surface area contributed by atoms with Gasteiger partial charge in [0.15, 0.2) is 0 Å². The summed E-state index contributed by atoms with van der Waals surface area (Å²) < 4.78 is 16.4. The fourth-order valence-electron chi connectivity index (χ4n) is 2.68. The van der Waals surface area contributed by atoms with Gasteiger partial charge in [0.25, 0.3) is 0 Å². The molecule has 0 radical (unpaired) electrons. The molecule has 0 aliphatic heterocycles. The van der Waals surface area contributed by atoms with Crippen LogP contribution in [-0.4, -0.2) is 32.1 Å². The van der Waals surface area contributed by atoms with Crippen LogP contribution in [0.15, 0.2) is 24.3 Å². The van der Waals surface area contributed by atoms with Gasteiger partial charge in [-0.25, -0.2) is 4.79 Å². The molecule has 0 fully saturated rings. The second-order valence-electron chi connectivity index (χ2n) is 6.00. The van der Waals surface area contributed by atoms with Crippen LogP contribution in [0, 0.1) is 6.92 Å². The molecule has 5 heteroatoms. The molecule has 0 bridgehead atoms. The van der Waals surface area contributed by atoms with Gasteiger partial charge >= 0.3 is 6.09 Å². The van der Waals surface area contributed by atoms with Crippen LogP contribution in [-0.2, 0) is 14.2 Å². The molecule has 5 nitrogen and oxygen atoms in total. The van der Waals surface area contributed by atoms with Crippen molar-refractivity contribution in [1.82, 2.24) is 5.32 Å². The van der Waals surface area contributed by atoms with E-state index in [4.69, 9.17) is 14.2 Å². The number of hydrogen-bond donors (Lipinski definition) is 1. The Hall–Kier alpha value is -1.59. The van der Waals surface area contributed by atoms with E-state index in [2.05, 4.69) is 19.2 Å². The predicted octanol–water partition coefficient (Wildman–Crippen LogP) is 4.35. The van der Waals surface area contributed by atoms with Gasteiger partial charge in [-0.1, -0.05) is 44.5 Å². The van der Waals surface area contributed by atoms with E-state index in [-0.39, 0.29) is 18.9 Å². The lowest BCUT2D eigenvalue weighted by molar-refractivity contribution is -0.112. The van der Waals surface area contributed by atoms with Gasteiger partial charge < -0.3 is 19.5 Å². The van der Waals surface area contributed by atoms with Crippen LogP contribution in [0.25, 0.3) is 0 Å². The number of benzene rings is 1. The molecule has 1 rings (SSSR count). The van der Waals surface area contributed by atoms with Crippen LogP contribution in [0.3, 0.4) is 0 Å². The minimum atomic E-state index is -0.430. The maximum Gasteiger partial charge on any atom is 0.407 e. The highest BCUT2D eigenvalue weighted by Crippen LogP contribution is 2.26. The minimum Gasteiger partial charge on any atom is -0.443 e. The second-order valence-corrected chi connectivity index (χ2v) is 6.00. The SMILES string of the molecule is CCCC(CC)NC(=O)OC(C)C(OCOC)c1ccccc1C. The fraction of sp³-hybridized carbons (Fsp3) is 0.632. The van der Waals surface area contributed by atoms with E-state index in [0.717, 1.165) is 30.4 Å².